The maximum Gasteiger partial charge on any atom is 0.231 e. The molecule has 0 saturated carbocycles. The van der Waals surface area contributed by atoms with Crippen LogP contribution in [-0.4, -0.2) is 47.9 Å². The van der Waals surface area contributed by atoms with Gasteiger partial charge in [-0.1, -0.05) is 29.3 Å². The van der Waals surface area contributed by atoms with E-state index < -0.39 is 0 Å². The number of hydrogen-bond acceptors (Lipinski definition) is 4. The molecule has 1 fully saturated rings. The number of thiocarbonyl (C=S) groups is 1. The van der Waals surface area contributed by atoms with E-state index in [-0.39, 0.29) is 0 Å². The second-order valence-corrected chi connectivity index (χ2v) is 7.74. The molecule has 2 heterocycles. The van der Waals surface area contributed by atoms with Gasteiger partial charge in [0.1, 0.15) is 0 Å². The standard InChI is InChI=1S/C19H19Cl2N3O2S/c20-14-2-3-16(15(21)10-14)22-19(27)24-7-5-23(6-8-24)11-13-1-4-17-18(9-13)26-12-25-17/h1-4,9-10H,5-8,11-12H2,(H,22,27). The third-order valence-corrected chi connectivity index (χ3v) is 5.58. The monoisotopic (exact) mass is 423 g/mol. The maximum absolute atomic E-state index is 6.21. The lowest BCUT2D eigenvalue weighted by atomic mass is 10.1. The Bertz CT molecular complexity index is 857. The van der Waals surface area contributed by atoms with Crippen LogP contribution in [0.4, 0.5) is 5.69 Å². The third-order valence-electron chi connectivity index (χ3n) is 4.68. The summed E-state index contributed by atoms with van der Waals surface area (Å²) >= 11 is 17.7. The van der Waals surface area contributed by atoms with E-state index in [2.05, 4.69) is 27.2 Å². The van der Waals surface area contributed by atoms with Gasteiger partial charge in [0.2, 0.25) is 6.79 Å². The number of nitrogens with one attached hydrogen (secondary N) is 1. The normalized spacial score (nSPS) is 16.4. The van der Waals surface area contributed by atoms with Crippen molar-refractivity contribution in [2.24, 2.45) is 0 Å². The molecule has 5 nitrogen and oxygen atoms in total. The molecule has 2 aliphatic rings. The quantitative estimate of drug-likeness (QED) is 0.744. The number of ether oxygens (including phenoxy) is 2. The summed E-state index contributed by atoms with van der Waals surface area (Å²) in [4.78, 5) is 4.57. The SMILES string of the molecule is S=C(Nc1ccc(Cl)cc1Cl)N1CCN(Cc2ccc3c(c2)OCO3)CC1. The number of halogens is 2. The van der Waals surface area contributed by atoms with E-state index in [9.17, 15) is 0 Å². The van der Waals surface area contributed by atoms with Crippen molar-refractivity contribution in [2.75, 3.05) is 38.3 Å². The molecule has 2 aliphatic heterocycles. The zero-order chi connectivity index (χ0) is 18.8. The lowest BCUT2D eigenvalue weighted by Gasteiger charge is -2.36. The van der Waals surface area contributed by atoms with Crippen molar-refractivity contribution in [3.05, 3.63) is 52.0 Å². The summed E-state index contributed by atoms with van der Waals surface area (Å²) < 4.78 is 10.8. The van der Waals surface area contributed by atoms with Gasteiger partial charge in [-0.2, -0.15) is 0 Å². The Kier molecular flexibility index (Phi) is 5.59. The molecule has 2 aromatic rings. The first-order chi connectivity index (χ1) is 13.1. The summed E-state index contributed by atoms with van der Waals surface area (Å²) in [6, 6.07) is 11.5. The zero-order valence-corrected chi connectivity index (χ0v) is 16.9. The average molecular weight is 424 g/mol. The first-order valence-corrected chi connectivity index (χ1v) is 9.87. The summed E-state index contributed by atoms with van der Waals surface area (Å²) in [7, 11) is 0. The van der Waals surface area contributed by atoms with Crippen LogP contribution in [0.1, 0.15) is 5.56 Å². The van der Waals surface area contributed by atoms with Gasteiger partial charge in [0, 0.05) is 37.7 Å². The van der Waals surface area contributed by atoms with Crippen LogP contribution in [0.15, 0.2) is 36.4 Å². The second-order valence-electron chi connectivity index (χ2n) is 6.51. The highest BCUT2D eigenvalue weighted by molar-refractivity contribution is 7.80. The minimum absolute atomic E-state index is 0.305. The van der Waals surface area contributed by atoms with Gasteiger partial charge in [0.05, 0.1) is 10.7 Å². The molecule has 0 bridgehead atoms. The third kappa shape index (κ3) is 4.41. The van der Waals surface area contributed by atoms with Crippen LogP contribution >= 0.6 is 35.4 Å². The van der Waals surface area contributed by atoms with E-state index in [4.69, 9.17) is 44.9 Å². The second kappa shape index (κ2) is 8.10. The number of rotatable bonds is 3. The van der Waals surface area contributed by atoms with Crippen LogP contribution in [0.5, 0.6) is 11.5 Å². The molecular formula is C19H19Cl2N3O2S. The van der Waals surface area contributed by atoms with E-state index >= 15 is 0 Å². The van der Waals surface area contributed by atoms with Crippen LogP contribution in [-0.2, 0) is 6.54 Å². The molecule has 0 aromatic heterocycles. The Morgan fingerprint density at radius 1 is 1.00 bits per heavy atom. The molecule has 0 radical (unpaired) electrons. The van der Waals surface area contributed by atoms with Gasteiger partial charge in [0.15, 0.2) is 16.6 Å². The van der Waals surface area contributed by atoms with E-state index in [0.29, 0.717) is 22.0 Å². The molecule has 0 aliphatic carbocycles. The molecule has 1 N–H and O–H groups in total. The van der Waals surface area contributed by atoms with E-state index in [0.717, 1.165) is 49.9 Å². The Morgan fingerprint density at radius 2 is 1.78 bits per heavy atom. The molecule has 0 atom stereocenters. The highest BCUT2D eigenvalue weighted by atomic mass is 35.5. The fourth-order valence-electron chi connectivity index (χ4n) is 3.19. The van der Waals surface area contributed by atoms with E-state index in [1.807, 2.05) is 12.1 Å². The summed E-state index contributed by atoms with van der Waals surface area (Å²) in [6.45, 7) is 4.78. The Morgan fingerprint density at radius 3 is 2.56 bits per heavy atom. The summed E-state index contributed by atoms with van der Waals surface area (Å²) in [5, 5.41) is 5.07. The zero-order valence-electron chi connectivity index (χ0n) is 14.6. The minimum atomic E-state index is 0.305. The molecule has 4 rings (SSSR count). The molecular weight excluding hydrogens is 405 g/mol. The number of hydrogen-bond donors (Lipinski definition) is 1. The maximum atomic E-state index is 6.21. The molecule has 142 valence electrons. The van der Waals surface area contributed by atoms with Crippen molar-refractivity contribution in [3.63, 3.8) is 0 Å². The van der Waals surface area contributed by atoms with Gasteiger partial charge >= 0.3 is 0 Å². The number of anilines is 1. The number of piperazine rings is 1. The van der Waals surface area contributed by atoms with Crippen molar-refractivity contribution in [2.45, 2.75) is 6.54 Å². The Balaban J connectivity index is 1.30. The lowest BCUT2D eigenvalue weighted by molar-refractivity contribution is 0.173. The highest BCUT2D eigenvalue weighted by Crippen LogP contribution is 2.33. The van der Waals surface area contributed by atoms with Crippen molar-refractivity contribution in [1.82, 2.24) is 9.80 Å². The van der Waals surface area contributed by atoms with Gasteiger partial charge in [-0.05, 0) is 48.1 Å². The lowest BCUT2D eigenvalue weighted by Crippen LogP contribution is -2.49. The van der Waals surface area contributed by atoms with Crippen molar-refractivity contribution in [1.29, 1.82) is 0 Å². The van der Waals surface area contributed by atoms with Gasteiger partial charge < -0.3 is 19.7 Å². The topological polar surface area (TPSA) is 37.0 Å². The van der Waals surface area contributed by atoms with Gasteiger partial charge in [0.25, 0.3) is 0 Å². The molecule has 1 saturated heterocycles. The Hall–Kier alpha value is -1.73. The Labute approximate surface area is 173 Å². The molecule has 27 heavy (non-hydrogen) atoms. The van der Waals surface area contributed by atoms with Crippen molar-refractivity contribution >= 4 is 46.2 Å². The summed E-state index contributed by atoms with van der Waals surface area (Å²) in [5.74, 6) is 1.65. The van der Waals surface area contributed by atoms with Crippen LogP contribution in [0.25, 0.3) is 0 Å². The predicted molar refractivity (Wildman–Crippen MR) is 112 cm³/mol. The molecule has 0 unspecified atom stereocenters. The number of benzene rings is 2. The van der Waals surface area contributed by atoms with Crippen LogP contribution < -0.4 is 14.8 Å². The van der Waals surface area contributed by atoms with Gasteiger partial charge in [-0.25, -0.2) is 0 Å². The highest BCUT2D eigenvalue weighted by Gasteiger charge is 2.20. The molecule has 0 spiro atoms. The number of nitrogens with zero attached hydrogens (tertiary/aromatic N) is 2. The summed E-state index contributed by atoms with van der Waals surface area (Å²) in [5.41, 5.74) is 2.00. The average Bonchev–Trinajstić information content (AvgIpc) is 3.12. The molecule has 8 heteroatoms. The van der Waals surface area contributed by atoms with Crippen LogP contribution in [0.2, 0.25) is 10.0 Å². The van der Waals surface area contributed by atoms with Gasteiger partial charge in [-0.15, -0.1) is 0 Å². The fourth-order valence-corrected chi connectivity index (χ4v) is 3.94. The molecule has 2 aromatic carbocycles. The van der Waals surface area contributed by atoms with Gasteiger partial charge in [-0.3, -0.25) is 4.90 Å². The predicted octanol–water partition coefficient (Wildman–Crippen LogP) is 4.24. The van der Waals surface area contributed by atoms with E-state index in [1.165, 1.54) is 5.56 Å². The van der Waals surface area contributed by atoms with Crippen LogP contribution in [0.3, 0.4) is 0 Å². The first-order valence-electron chi connectivity index (χ1n) is 8.70. The summed E-state index contributed by atoms with van der Waals surface area (Å²) in [6.07, 6.45) is 0. The van der Waals surface area contributed by atoms with Crippen molar-refractivity contribution in [3.8, 4) is 11.5 Å². The van der Waals surface area contributed by atoms with Crippen molar-refractivity contribution < 1.29 is 9.47 Å². The number of fused-ring (bicyclic) bond motifs is 1. The minimum Gasteiger partial charge on any atom is -0.454 e. The first kappa shape index (κ1) is 18.6. The largest absolute Gasteiger partial charge is 0.454 e. The smallest absolute Gasteiger partial charge is 0.231 e. The van der Waals surface area contributed by atoms with E-state index in [1.54, 1.807) is 12.1 Å². The fraction of sp³-hybridized carbons (Fsp3) is 0.316. The van der Waals surface area contributed by atoms with Crippen LogP contribution in [0, 0.1) is 0 Å². The molecule has 0 amide bonds.